The maximum Gasteiger partial charge on any atom is 0.251 e. The van der Waals surface area contributed by atoms with E-state index in [2.05, 4.69) is 19.2 Å². The van der Waals surface area contributed by atoms with Crippen molar-refractivity contribution in [1.82, 2.24) is 5.32 Å². The van der Waals surface area contributed by atoms with Gasteiger partial charge in [-0.25, -0.2) is 0 Å². The van der Waals surface area contributed by atoms with E-state index in [-0.39, 0.29) is 5.91 Å². The van der Waals surface area contributed by atoms with Gasteiger partial charge in [-0.05, 0) is 30.0 Å². The topological polar surface area (TPSA) is 29.1 Å². The summed E-state index contributed by atoms with van der Waals surface area (Å²) in [6.45, 7) is 5.15. The van der Waals surface area contributed by atoms with E-state index in [1.54, 1.807) is 0 Å². The average Bonchev–Trinajstić information content (AvgIpc) is 2.47. The van der Waals surface area contributed by atoms with Gasteiger partial charge in [0.2, 0.25) is 0 Å². The van der Waals surface area contributed by atoms with Crippen LogP contribution >= 0.6 is 11.6 Å². The molecular weight excluding hydrogens is 258 g/mol. The summed E-state index contributed by atoms with van der Waals surface area (Å²) in [5, 5.41) is 3.02. The van der Waals surface area contributed by atoms with Crippen molar-refractivity contribution in [2.75, 3.05) is 6.54 Å². The van der Waals surface area contributed by atoms with Gasteiger partial charge in [0, 0.05) is 18.0 Å². The predicted octanol–water partition coefficient (Wildman–Crippen LogP) is 4.37. The first-order valence-corrected chi connectivity index (χ1v) is 7.67. The highest BCUT2D eigenvalue weighted by atomic mass is 35.5. The van der Waals surface area contributed by atoms with Crippen molar-refractivity contribution >= 4 is 17.5 Å². The van der Waals surface area contributed by atoms with Crippen LogP contribution in [-0.4, -0.2) is 12.5 Å². The highest BCUT2D eigenvalue weighted by molar-refractivity contribution is 6.17. The number of rotatable bonds is 8. The van der Waals surface area contributed by atoms with Crippen LogP contribution in [0.1, 0.15) is 55.5 Å². The van der Waals surface area contributed by atoms with Gasteiger partial charge in [-0.1, -0.05) is 45.2 Å². The van der Waals surface area contributed by atoms with E-state index < -0.39 is 0 Å². The molecule has 2 nitrogen and oxygen atoms in total. The highest BCUT2D eigenvalue weighted by Gasteiger charge is 2.09. The number of amides is 1. The number of carbonyl (C=O) groups excluding carboxylic acids is 1. The summed E-state index contributed by atoms with van der Waals surface area (Å²) < 4.78 is 0. The average molecular weight is 282 g/mol. The van der Waals surface area contributed by atoms with E-state index in [1.165, 1.54) is 19.3 Å². The molecule has 1 aromatic rings. The van der Waals surface area contributed by atoms with Crippen LogP contribution in [-0.2, 0) is 5.88 Å². The molecule has 0 bridgehead atoms. The van der Waals surface area contributed by atoms with Gasteiger partial charge in [0.25, 0.3) is 5.91 Å². The Kier molecular flexibility index (Phi) is 7.57. The SMILES string of the molecule is CCCCC(CC)CNC(=O)c1ccc(CCl)cc1. The monoisotopic (exact) mass is 281 g/mol. The molecule has 0 fully saturated rings. The predicted molar refractivity (Wildman–Crippen MR) is 81.6 cm³/mol. The highest BCUT2D eigenvalue weighted by Crippen LogP contribution is 2.12. The third kappa shape index (κ3) is 5.65. The lowest BCUT2D eigenvalue weighted by atomic mass is 9.99. The van der Waals surface area contributed by atoms with Crippen LogP contribution in [0.3, 0.4) is 0 Å². The number of unbranched alkanes of at least 4 members (excludes halogenated alkanes) is 1. The van der Waals surface area contributed by atoms with Gasteiger partial charge in [0.15, 0.2) is 0 Å². The normalized spacial score (nSPS) is 12.2. The lowest BCUT2D eigenvalue weighted by Gasteiger charge is -2.15. The van der Waals surface area contributed by atoms with Crippen molar-refractivity contribution in [1.29, 1.82) is 0 Å². The molecule has 19 heavy (non-hydrogen) atoms. The van der Waals surface area contributed by atoms with Crippen molar-refractivity contribution in [2.45, 2.75) is 45.4 Å². The molecule has 0 aliphatic heterocycles. The van der Waals surface area contributed by atoms with Crippen molar-refractivity contribution in [3.8, 4) is 0 Å². The number of benzene rings is 1. The number of carbonyl (C=O) groups is 1. The molecule has 0 saturated carbocycles. The maximum absolute atomic E-state index is 12.0. The summed E-state index contributed by atoms with van der Waals surface area (Å²) in [6.07, 6.45) is 4.76. The fraction of sp³-hybridized carbons (Fsp3) is 0.562. The van der Waals surface area contributed by atoms with E-state index >= 15 is 0 Å². The van der Waals surface area contributed by atoms with E-state index in [1.807, 2.05) is 24.3 Å². The van der Waals surface area contributed by atoms with Crippen LogP contribution in [0.5, 0.6) is 0 Å². The molecule has 0 aromatic heterocycles. The van der Waals surface area contributed by atoms with Gasteiger partial charge in [-0.2, -0.15) is 0 Å². The Hall–Kier alpha value is -1.02. The quantitative estimate of drug-likeness (QED) is 0.704. The minimum Gasteiger partial charge on any atom is -0.352 e. The Morgan fingerprint density at radius 3 is 2.47 bits per heavy atom. The Labute approximate surface area is 121 Å². The molecule has 1 unspecified atom stereocenters. The lowest BCUT2D eigenvalue weighted by molar-refractivity contribution is 0.0946. The van der Waals surface area contributed by atoms with Crippen LogP contribution in [0.25, 0.3) is 0 Å². The van der Waals surface area contributed by atoms with E-state index in [9.17, 15) is 4.79 Å². The fourth-order valence-corrected chi connectivity index (χ4v) is 2.21. The zero-order valence-electron chi connectivity index (χ0n) is 11.9. The molecule has 0 heterocycles. The minimum absolute atomic E-state index is 0.0103. The van der Waals surface area contributed by atoms with Crippen molar-refractivity contribution < 1.29 is 4.79 Å². The summed E-state index contributed by atoms with van der Waals surface area (Å²) in [4.78, 5) is 12.0. The molecule has 0 aliphatic carbocycles. The zero-order valence-corrected chi connectivity index (χ0v) is 12.7. The Balaban J connectivity index is 2.44. The Bertz CT molecular complexity index is 375. The van der Waals surface area contributed by atoms with Gasteiger partial charge in [0.05, 0.1) is 0 Å². The van der Waals surface area contributed by atoms with E-state index in [0.717, 1.165) is 18.5 Å². The second kappa shape index (κ2) is 8.98. The largest absolute Gasteiger partial charge is 0.352 e. The number of hydrogen-bond acceptors (Lipinski definition) is 1. The molecular formula is C16H24ClNO. The van der Waals surface area contributed by atoms with Gasteiger partial charge >= 0.3 is 0 Å². The summed E-state index contributed by atoms with van der Waals surface area (Å²) in [6, 6.07) is 7.46. The van der Waals surface area contributed by atoms with Crippen LogP contribution < -0.4 is 5.32 Å². The Morgan fingerprint density at radius 1 is 1.26 bits per heavy atom. The smallest absolute Gasteiger partial charge is 0.251 e. The molecule has 1 rings (SSSR count). The molecule has 1 N–H and O–H groups in total. The van der Waals surface area contributed by atoms with Gasteiger partial charge < -0.3 is 5.32 Å². The molecule has 3 heteroatoms. The molecule has 0 aliphatic rings. The summed E-state index contributed by atoms with van der Waals surface area (Å²) >= 11 is 5.73. The first-order chi connectivity index (χ1) is 9.21. The van der Waals surface area contributed by atoms with Crippen LogP contribution in [0.2, 0.25) is 0 Å². The van der Waals surface area contributed by atoms with E-state index in [0.29, 0.717) is 17.4 Å². The van der Waals surface area contributed by atoms with Gasteiger partial charge in [0.1, 0.15) is 0 Å². The first-order valence-electron chi connectivity index (χ1n) is 7.14. The van der Waals surface area contributed by atoms with E-state index in [4.69, 9.17) is 11.6 Å². The van der Waals surface area contributed by atoms with Crippen LogP contribution in [0.15, 0.2) is 24.3 Å². The molecule has 1 amide bonds. The van der Waals surface area contributed by atoms with Gasteiger partial charge in [-0.15, -0.1) is 11.6 Å². The third-order valence-corrected chi connectivity index (χ3v) is 3.77. The summed E-state index contributed by atoms with van der Waals surface area (Å²) in [5.74, 6) is 1.08. The van der Waals surface area contributed by atoms with Crippen molar-refractivity contribution in [3.63, 3.8) is 0 Å². The van der Waals surface area contributed by atoms with Crippen LogP contribution in [0.4, 0.5) is 0 Å². The number of nitrogens with one attached hydrogen (secondary N) is 1. The van der Waals surface area contributed by atoms with Crippen LogP contribution in [0, 0.1) is 5.92 Å². The first kappa shape index (κ1) is 16.0. The molecule has 0 radical (unpaired) electrons. The summed E-state index contributed by atoms with van der Waals surface area (Å²) in [5.41, 5.74) is 1.74. The fourth-order valence-electron chi connectivity index (χ4n) is 2.03. The molecule has 1 aromatic carbocycles. The number of halogens is 1. The molecule has 0 spiro atoms. The maximum atomic E-state index is 12.0. The van der Waals surface area contributed by atoms with Crippen molar-refractivity contribution in [3.05, 3.63) is 35.4 Å². The van der Waals surface area contributed by atoms with Crippen molar-refractivity contribution in [2.24, 2.45) is 5.92 Å². The number of hydrogen-bond donors (Lipinski definition) is 1. The van der Waals surface area contributed by atoms with Gasteiger partial charge in [-0.3, -0.25) is 4.79 Å². The third-order valence-electron chi connectivity index (χ3n) is 3.46. The summed E-state index contributed by atoms with van der Waals surface area (Å²) in [7, 11) is 0. The number of alkyl halides is 1. The lowest BCUT2D eigenvalue weighted by Crippen LogP contribution is -2.29. The minimum atomic E-state index is 0.0103. The Morgan fingerprint density at radius 2 is 1.95 bits per heavy atom. The second-order valence-corrected chi connectivity index (χ2v) is 5.22. The second-order valence-electron chi connectivity index (χ2n) is 4.96. The standard InChI is InChI=1S/C16H24ClNO/c1-3-5-6-13(4-2)12-18-16(19)15-9-7-14(11-17)8-10-15/h7-10,13H,3-6,11-12H2,1-2H3,(H,18,19). The zero-order chi connectivity index (χ0) is 14.1. The molecule has 1 atom stereocenters. The molecule has 0 saturated heterocycles. The molecule has 106 valence electrons.